The lowest BCUT2D eigenvalue weighted by atomic mass is 9.89. The average molecular weight is 326 g/mol. The number of aromatic nitrogens is 2. The predicted molar refractivity (Wildman–Crippen MR) is 96.7 cm³/mol. The summed E-state index contributed by atoms with van der Waals surface area (Å²) in [7, 11) is 1.86. The van der Waals surface area contributed by atoms with Crippen molar-refractivity contribution in [3.8, 4) is 11.3 Å². The summed E-state index contributed by atoms with van der Waals surface area (Å²) in [5.74, 6) is 0.831. The number of likely N-dealkylation sites (tertiary alicyclic amines) is 1. The third-order valence-corrected chi connectivity index (χ3v) is 4.83. The van der Waals surface area contributed by atoms with E-state index in [1.54, 1.807) is 4.68 Å². The standard InChI is InChI=1S/C19H26N4O/c1-4-11-23-12-10-19(2,14-23)18(24)20-17-13-16(21-22(17)3)15-8-6-5-7-9-15/h5-9,13H,4,10-12,14H2,1-3H3,(H,20,24). The van der Waals surface area contributed by atoms with Crippen LogP contribution in [-0.2, 0) is 11.8 Å². The number of anilines is 1. The molecule has 1 fully saturated rings. The lowest BCUT2D eigenvalue weighted by molar-refractivity contribution is -0.124. The molecule has 1 atom stereocenters. The molecule has 1 N–H and O–H groups in total. The first-order chi connectivity index (χ1) is 11.5. The number of carbonyl (C=O) groups excluding carboxylic acids is 1. The summed E-state index contributed by atoms with van der Waals surface area (Å²) < 4.78 is 1.74. The van der Waals surface area contributed by atoms with Crippen LogP contribution in [0.3, 0.4) is 0 Å². The zero-order chi connectivity index (χ0) is 17.2. The lowest BCUT2D eigenvalue weighted by Gasteiger charge is -2.23. The fourth-order valence-corrected chi connectivity index (χ4v) is 3.35. The molecule has 5 nitrogen and oxygen atoms in total. The summed E-state index contributed by atoms with van der Waals surface area (Å²) in [5.41, 5.74) is 1.60. The van der Waals surface area contributed by atoms with Crippen LogP contribution in [0.2, 0.25) is 0 Å². The Bertz CT molecular complexity index is 709. The van der Waals surface area contributed by atoms with E-state index in [1.807, 2.05) is 43.4 Å². The van der Waals surface area contributed by atoms with E-state index in [9.17, 15) is 4.79 Å². The number of amides is 1. The van der Waals surface area contributed by atoms with Gasteiger partial charge in [-0.05, 0) is 32.9 Å². The van der Waals surface area contributed by atoms with Crippen molar-refractivity contribution in [3.63, 3.8) is 0 Å². The first-order valence-corrected chi connectivity index (χ1v) is 8.65. The van der Waals surface area contributed by atoms with Crippen LogP contribution in [0.15, 0.2) is 36.4 Å². The molecule has 5 heteroatoms. The summed E-state index contributed by atoms with van der Waals surface area (Å²) in [6.07, 6.45) is 2.03. The molecule has 0 saturated carbocycles. The Labute approximate surface area is 143 Å². The number of benzene rings is 1. The third-order valence-electron chi connectivity index (χ3n) is 4.83. The van der Waals surface area contributed by atoms with Crippen LogP contribution in [-0.4, -0.2) is 40.2 Å². The molecule has 24 heavy (non-hydrogen) atoms. The molecule has 1 aromatic heterocycles. The van der Waals surface area contributed by atoms with Gasteiger partial charge in [-0.25, -0.2) is 0 Å². The molecular weight excluding hydrogens is 300 g/mol. The SMILES string of the molecule is CCCN1CCC(C)(C(=O)Nc2cc(-c3ccccc3)nn2C)C1. The number of hydrogen-bond donors (Lipinski definition) is 1. The van der Waals surface area contributed by atoms with Crippen molar-refractivity contribution in [1.82, 2.24) is 14.7 Å². The van der Waals surface area contributed by atoms with Gasteiger partial charge in [0, 0.05) is 25.2 Å². The molecular formula is C19H26N4O. The fraction of sp³-hybridized carbons (Fsp3) is 0.474. The van der Waals surface area contributed by atoms with Gasteiger partial charge in [0.25, 0.3) is 0 Å². The number of aryl methyl sites for hydroxylation is 1. The van der Waals surface area contributed by atoms with Gasteiger partial charge >= 0.3 is 0 Å². The minimum absolute atomic E-state index is 0.0868. The molecule has 0 aliphatic carbocycles. The molecule has 1 unspecified atom stereocenters. The maximum Gasteiger partial charge on any atom is 0.232 e. The van der Waals surface area contributed by atoms with Gasteiger partial charge in [0.1, 0.15) is 5.82 Å². The number of rotatable bonds is 5. The molecule has 1 aromatic carbocycles. The Morgan fingerprint density at radius 2 is 2.08 bits per heavy atom. The Balaban J connectivity index is 1.72. The highest BCUT2D eigenvalue weighted by Crippen LogP contribution is 2.32. The Hall–Kier alpha value is -2.14. The van der Waals surface area contributed by atoms with Gasteiger partial charge in [0.05, 0.1) is 11.1 Å². The molecule has 0 bridgehead atoms. The second-order valence-corrected chi connectivity index (χ2v) is 6.95. The van der Waals surface area contributed by atoms with Gasteiger partial charge in [0.15, 0.2) is 0 Å². The van der Waals surface area contributed by atoms with Crippen LogP contribution in [0.4, 0.5) is 5.82 Å². The fourth-order valence-electron chi connectivity index (χ4n) is 3.35. The van der Waals surface area contributed by atoms with E-state index in [4.69, 9.17) is 0 Å². The normalized spacial score (nSPS) is 21.1. The van der Waals surface area contributed by atoms with E-state index in [-0.39, 0.29) is 11.3 Å². The van der Waals surface area contributed by atoms with E-state index in [0.29, 0.717) is 0 Å². The molecule has 2 heterocycles. The molecule has 1 saturated heterocycles. The average Bonchev–Trinajstić information content (AvgIpc) is 3.13. The van der Waals surface area contributed by atoms with E-state index in [0.717, 1.165) is 49.6 Å². The molecule has 128 valence electrons. The molecule has 1 aliphatic heterocycles. The van der Waals surface area contributed by atoms with Gasteiger partial charge in [-0.15, -0.1) is 0 Å². The van der Waals surface area contributed by atoms with Gasteiger partial charge in [-0.1, -0.05) is 37.3 Å². The van der Waals surface area contributed by atoms with E-state index < -0.39 is 0 Å². The monoisotopic (exact) mass is 326 g/mol. The summed E-state index contributed by atoms with van der Waals surface area (Å²) in [6.45, 7) is 7.13. The zero-order valence-corrected chi connectivity index (χ0v) is 14.7. The van der Waals surface area contributed by atoms with Crippen molar-refractivity contribution < 1.29 is 4.79 Å². The smallest absolute Gasteiger partial charge is 0.232 e. The number of hydrogen-bond acceptors (Lipinski definition) is 3. The maximum atomic E-state index is 12.8. The van der Waals surface area contributed by atoms with E-state index in [2.05, 4.69) is 29.2 Å². The summed E-state index contributed by atoms with van der Waals surface area (Å²) in [4.78, 5) is 15.2. The van der Waals surface area contributed by atoms with Gasteiger partial charge in [-0.3, -0.25) is 9.48 Å². The quantitative estimate of drug-likeness (QED) is 0.918. The molecule has 0 spiro atoms. The number of nitrogens with one attached hydrogen (secondary N) is 1. The highest BCUT2D eigenvalue weighted by atomic mass is 16.2. The van der Waals surface area contributed by atoms with Crippen LogP contribution in [0, 0.1) is 5.41 Å². The van der Waals surface area contributed by atoms with Crippen molar-refractivity contribution in [2.24, 2.45) is 12.5 Å². The molecule has 0 radical (unpaired) electrons. The van der Waals surface area contributed by atoms with Crippen LogP contribution >= 0.6 is 0 Å². The predicted octanol–water partition coefficient (Wildman–Crippen LogP) is 3.15. The van der Waals surface area contributed by atoms with E-state index >= 15 is 0 Å². The molecule has 2 aromatic rings. The second-order valence-electron chi connectivity index (χ2n) is 6.95. The van der Waals surface area contributed by atoms with Crippen molar-refractivity contribution in [3.05, 3.63) is 36.4 Å². The topological polar surface area (TPSA) is 50.2 Å². The van der Waals surface area contributed by atoms with Gasteiger partial charge < -0.3 is 10.2 Å². The summed E-state index contributed by atoms with van der Waals surface area (Å²) in [5, 5.41) is 7.60. The van der Waals surface area contributed by atoms with Gasteiger partial charge in [-0.2, -0.15) is 5.10 Å². The highest BCUT2D eigenvalue weighted by Gasteiger charge is 2.40. The Morgan fingerprint density at radius 3 is 2.79 bits per heavy atom. The minimum atomic E-state index is -0.327. The molecule has 3 rings (SSSR count). The van der Waals surface area contributed by atoms with Crippen LogP contribution < -0.4 is 5.32 Å². The van der Waals surface area contributed by atoms with Gasteiger partial charge in [0.2, 0.25) is 5.91 Å². The Morgan fingerprint density at radius 1 is 1.33 bits per heavy atom. The van der Waals surface area contributed by atoms with E-state index in [1.165, 1.54) is 0 Å². The van der Waals surface area contributed by atoms with Crippen LogP contribution in [0.1, 0.15) is 26.7 Å². The third kappa shape index (κ3) is 3.36. The second kappa shape index (κ2) is 6.77. The largest absolute Gasteiger partial charge is 0.310 e. The number of nitrogens with zero attached hydrogens (tertiary/aromatic N) is 3. The minimum Gasteiger partial charge on any atom is -0.310 e. The van der Waals surface area contributed by atoms with Crippen molar-refractivity contribution in [2.75, 3.05) is 25.0 Å². The first kappa shape index (κ1) is 16.7. The van der Waals surface area contributed by atoms with Crippen LogP contribution in [0.5, 0.6) is 0 Å². The maximum absolute atomic E-state index is 12.8. The van der Waals surface area contributed by atoms with Crippen molar-refractivity contribution in [2.45, 2.75) is 26.7 Å². The summed E-state index contributed by atoms with van der Waals surface area (Å²) in [6, 6.07) is 11.9. The molecule has 1 aliphatic rings. The molecule has 1 amide bonds. The van der Waals surface area contributed by atoms with Crippen LogP contribution in [0.25, 0.3) is 11.3 Å². The highest BCUT2D eigenvalue weighted by molar-refractivity contribution is 5.95. The zero-order valence-electron chi connectivity index (χ0n) is 14.7. The van der Waals surface area contributed by atoms with Crippen molar-refractivity contribution >= 4 is 11.7 Å². The lowest BCUT2D eigenvalue weighted by Crippen LogP contribution is -2.37. The first-order valence-electron chi connectivity index (χ1n) is 8.65. The summed E-state index contributed by atoms with van der Waals surface area (Å²) >= 11 is 0. The van der Waals surface area contributed by atoms with Crippen molar-refractivity contribution in [1.29, 1.82) is 0 Å². The number of carbonyl (C=O) groups is 1. The Kier molecular flexibility index (Phi) is 4.71.